The lowest BCUT2D eigenvalue weighted by molar-refractivity contribution is -0.136. The van der Waals surface area contributed by atoms with Crippen molar-refractivity contribution in [3.8, 4) is 0 Å². The van der Waals surface area contributed by atoms with Crippen LogP contribution in [0.25, 0.3) is 0 Å². The summed E-state index contributed by atoms with van der Waals surface area (Å²) < 4.78 is 5.23. The highest BCUT2D eigenvalue weighted by atomic mass is 16.5. The molecular weight excluding hydrogens is 168 g/mol. The fraction of sp³-hybridized carbons (Fsp3) is 0.900. The van der Waals surface area contributed by atoms with E-state index in [9.17, 15) is 4.79 Å². The van der Waals surface area contributed by atoms with Crippen LogP contribution in [0, 0.1) is 0 Å². The Balaban J connectivity index is 0.000000252. The van der Waals surface area contributed by atoms with Crippen molar-refractivity contribution >= 4 is 5.97 Å². The maximum absolute atomic E-state index is 9.37. The molecule has 0 radical (unpaired) electrons. The molecule has 0 bridgehead atoms. The molecule has 0 amide bonds. The van der Waals surface area contributed by atoms with Crippen molar-refractivity contribution in [2.75, 3.05) is 6.61 Å². The van der Waals surface area contributed by atoms with Crippen LogP contribution in [0.4, 0.5) is 0 Å². The van der Waals surface area contributed by atoms with E-state index >= 15 is 0 Å². The largest absolute Gasteiger partial charge is 0.481 e. The van der Waals surface area contributed by atoms with Gasteiger partial charge in [0, 0.05) is 13.0 Å². The molecule has 0 aliphatic carbocycles. The van der Waals surface area contributed by atoms with Gasteiger partial charge in [-0.05, 0) is 12.8 Å². The van der Waals surface area contributed by atoms with Crippen LogP contribution in [0.5, 0.6) is 0 Å². The Morgan fingerprint density at radius 1 is 1.54 bits per heavy atom. The first kappa shape index (κ1) is 12.4. The predicted molar refractivity (Wildman–Crippen MR) is 51.8 cm³/mol. The normalized spacial score (nSPS) is 19.7. The van der Waals surface area contributed by atoms with E-state index in [1.165, 1.54) is 25.7 Å². The van der Waals surface area contributed by atoms with Crippen LogP contribution in [-0.2, 0) is 9.53 Å². The van der Waals surface area contributed by atoms with Gasteiger partial charge in [0.2, 0.25) is 0 Å². The van der Waals surface area contributed by atoms with Gasteiger partial charge in [-0.1, -0.05) is 26.7 Å². The summed E-state index contributed by atoms with van der Waals surface area (Å²) in [7, 11) is 0. The van der Waals surface area contributed by atoms with E-state index in [-0.39, 0.29) is 6.42 Å². The lowest BCUT2D eigenvalue weighted by atomic mass is 10.1. The van der Waals surface area contributed by atoms with Crippen molar-refractivity contribution in [1.82, 2.24) is 0 Å². The van der Waals surface area contributed by atoms with Crippen molar-refractivity contribution < 1.29 is 14.6 Å². The standard InChI is InChI=1S/C7H14O.C3H6O2/c1-2-3-4-7-5-6-8-7;1-2-3(4)5/h7H,2-6H2,1H3;2H2,1H3,(H,4,5)/t7-;/m1./s1. The van der Waals surface area contributed by atoms with Crippen molar-refractivity contribution in [1.29, 1.82) is 0 Å². The molecule has 1 heterocycles. The van der Waals surface area contributed by atoms with E-state index in [1.54, 1.807) is 6.92 Å². The first-order valence-corrected chi connectivity index (χ1v) is 5.04. The molecule has 0 spiro atoms. The maximum atomic E-state index is 9.37. The Morgan fingerprint density at radius 2 is 2.08 bits per heavy atom. The zero-order valence-electron chi connectivity index (χ0n) is 8.58. The fourth-order valence-corrected chi connectivity index (χ4v) is 0.944. The molecule has 1 rings (SSSR count). The third-order valence-electron chi connectivity index (χ3n) is 1.98. The van der Waals surface area contributed by atoms with E-state index in [2.05, 4.69) is 6.92 Å². The average Bonchev–Trinajstić information content (AvgIpc) is 2.03. The summed E-state index contributed by atoms with van der Waals surface area (Å²) in [5, 5.41) is 7.72. The number of carboxylic acid groups (broad SMARTS) is 1. The maximum Gasteiger partial charge on any atom is 0.303 e. The lowest BCUT2D eigenvalue weighted by Gasteiger charge is -2.25. The third kappa shape index (κ3) is 7.78. The van der Waals surface area contributed by atoms with Gasteiger partial charge in [-0.15, -0.1) is 0 Å². The van der Waals surface area contributed by atoms with Gasteiger partial charge in [-0.3, -0.25) is 4.79 Å². The zero-order chi connectivity index (χ0) is 10.1. The zero-order valence-corrected chi connectivity index (χ0v) is 8.58. The third-order valence-corrected chi connectivity index (χ3v) is 1.98. The van der Waals surface area contributed by atoms with E-state index in [4.69, 9.17) is 9.84 Å². The highest BCUT2D eigenvalue weighted by Crippen LogP contribution is 2.16. The van der Waals surface area contributed by atoms with Crippen molar-refractivity contribution in [2.24, 2.45) is 0 Å². The first-order valence-electron chi connectivity index (χ1n) is 5.04. The Hall–Kier alpha value is -0.570. The number of hydrogen-bond acceptors (Lipinski definition) is 2. The Morgan fingerprint density at radius 3 is 2.31 bits per heavy atom. The number of hydrogen-bond donors (Lipinski definition) is 1. The van der Waals surface area contributed by atoms with Crippen LogP contribution >= 0.6 is 0 Å². The SMILES string of the molecule is CCC(=O)O.CCCC[C@@H]1CCO1. The topological polar surface area (TPSA) is 46.5 Å². The second kappa shape index (κ2) is 8.05. The number of carboxylic acids is 1. The predicted octanol–water partition coefficient (Wildman–Crippen LogP) is 2.45. The quantitative estimate of drug-likeness (QED) is 0.737. The summed E-state index contributed by atoms with van der Waals surface area (Å²) in [6.45, 7) is 4.83. The molecule has 0 saturated carbocycles. The average molecular weight is 188 g/mol. The minimum absolute atomic E-state index is 0.222. The molecule has 1 aliphatic heterocycles. The molecule has 1 atom stereocenters. The summed E-state index contributed by atoms with van der Waals surface area (Å²) in [5.74, 6) is -0.745. The van der Waals surface area contributed by atoms with E-state index < -0.39 is 5.97 Å². The van der Waals surface area contributed by atoms with Gasteiger partial charge in [-0.25, -0.2) is 0 Å². The molecule has 1 N–H and O–H groups in total. The molecule has 0 unspecified atom stereocenters. The second-order valence-electron chi connectivity index (χ2n) is 3.17. The van der Waals surface area contributed by atoms with Gasteiger partial charge in [-0.2, -0.15) is 0 Å². The number of rotatable bonds is 4. The Labute approximate surface area is 80.1 Å². The molecule has 1 fully saturated rings. The Bertz CT molecular complexity index is 130. The number of ether oxygens (including phenoxy) is 1. The van der Waals surface area contributed by atoms with E-state index in [1.807, 2.05) is 0 Å². The van der Waals surface area contributed by atoms with Gasteiger partial charge in [0.1, 0.15) is 0 Å². The van der Waals surface area contributed by atoms with Crippen molar-refractivity contribution in [3.63, 3.8) is 0 Å². The van der Waals surface area contributed by atoms with Crippen LogP contribution in [0.2, 0.25) is 0 Å². The molecule has 0 aromatic heterocycles. The minimum Gasteiger partial charge on any atom is -0.481 e. The second-order valence-corrected chi connectivity index (χ2v) is 3.17. The van der Waals surface area contributed by atoms with E-state index in [0.29, 0.717) is 6.10 Å². The molecule has 13 heavy (non-hydrogen) atoms. The fourth-order valence-electron chi connectivity index (χ4n) is 0.944. The summed E-state index contributed by atoms with van der Waals surface area (Å²) in [6, 6.07) is 0. The van der Waals surface area contributed by atoms with Crippen LogP contribution in [-0.4, -0.2) is 23.8 Å². The summed E-state index contributed by atoms with van der Waals surface area (Å²) in [6.07, 6.45) is 6.09. The molecule has 78 valence electrons. The summed E-state index contributed by atoms with van der Waals surface area (Å²) in [4.78, 5) is 9.37. The molecule has 0 aromatic carbocycles. The van der Waals surface area contributed by atoms with Crippen LogP contribution in [0.3, 0.4) is 0 Å². The van der Waals surface area contributed by atoms with Gasteiger partial charge in [0.15, 0.2) is 0 Å². The summed E-state index contributed by atoms with van der Waals surface area (Å²) >= 11 is 0. The van der Waals surface area contributed by atoms with Gasteiger partial charge >= 0.3 is 5.97 Å². The van der Waals surface area contributed by atoms with Gasteiger partial charge in [0.25, 0.3) is 0 Å². The number of carbonyl (C=O) groups is 1. The summed E-state index contributed by atoms with van der Waals surface area (Å²) in [5.41, 5.74) is 0. The van der Waals surface area contributed by atoms with Crippen LogP contribution in [0.15, 0.2) is 0 Å². The molecule has 3 nitrogen and oxygen atoms in total. The highest BCUT2D eigenvalue weighted by Gasteiger charge is 2.16. The molecule has 1 saturated heterocycles. The molecule has 0 aromatic rings. The van der Waals surface area contributed by atoms with Crippen LogP contribution < -0.4 is 0 Å². The monoisotopic (exact) mass is 188 g/mol. The van der Waals surface area contributed by atoms with Gasteiger partial charge in [0.05, 0.1) is 6.10 Å². The number of aliphatic carboxylic acids is 1. The van der Waals surface area contributed by atoms with Crippen molar-refractivity contribution in [2.45, 2.75) is 52.1 Å². The minimum atomic E-state index is -0.745. The number of unbranched alkanes of at least 4 members (excludes halogenated alkanes) is 1. The first-order chi connectivity index (χ1) is 6.20. The lowest BCUT2D eigenvalue weighted by Crippen LogP contribution is -2.26. The smallest absolute Gasteiger partial charge is 0.303 e. The van der Waals surface area contributed by atoms with Gasteiger partial charge < -0.3 is 9.84 Å². The molecule has 3 heteroatoms. The van der Waals surface area contributed by atoms with Crippen LogP contribution in [0.1, 0.15) is 46.0 Å². The molecular formula is C10H20O3. The van der Waals surface area contributed by atoms with Crippen molar-refractivity contribution in [3.05, 3.63) is 0 Å². The van der Waals surface area contributed by atoms with E-state index in [0.717, 1.165) is 6.61 Å². The Kier molecular flexibility index (Phi) is 7.69. The molecule has 1 aliphatic rings. The highest BCUT2D eigenvalue weighted by molar-refractivity contribution is 5.66.